The van der Waals surface area contributed by atoms with Gasteiger partial charge in [-0.15, -0.1) is 0 Å². The van der Waals surface area contributed by atoms with Gasteiger partial charge in [-0.2, -0.15) is 4.39 Å². The van der Waals surface area contributed by atoms with E-state index in [1.165, 1.54) is 96.0 Å². The molecule has 0 bridgehead atoms. The van der Waals surface area contributed by atoms with Gasteiger partial charge in [0.05, 0.1) is 5.92 Å². The summed E-state index contributed by atoms with van der Waals surface area (Å²) >= 11 is 0. The van der Waals surface area contributed by atoms with Crippen LogP contribution in [-0.4, -0.2) is 5.97 Å². The van der Waals surface area contributed by atoms with E-state index in [2.05, 4.69) is 13.8 Å². The molecule has 3 saturated carbocycles. The first-order chi connectivity index (χ1) is 19.0. The fourth-order valence-electron chi connectivity index (χ4n) is 8.07. The Balaban J connectivity index is 1.18. The fraction of sp³-hybridized carbons (Fsp3) is 0.800. The third kappa shape index (κ3) is 8.77. The predicted octanol–water partition coefficient (Wildman–Crippen LogP) is 10.6. The lowest BCUT2D eigenvalue weighted by Gasteiger charge is -2.38. The van der Waals surface area contributed by atoms with E-state index < -0.39 is 17.6 Å². The van der Waals surface area contributed by atoms with Gasteiger partial charge in [-0.25, -0.2) is 4.39 Å². The van der Waals surface area contributed by atoms with Gasteiger partial charge in [0, 0.05) is 0 Å². The monoisotopic (exact) mass is 544 g/mol. The molecule has 0 heterocycles. The number of halogens is 2. The van der Waals surface area contributed by atoms with E-state index in [1.807, 2.05) is 0 Å². The summed E-state index contributed by atoms with van der Waals surface area (Å²) in [6, 6.07) is 3.10. The van der Waals surface area contributed by atoms with Gasteiger partial charge in [0.2, 0.25) is 5.82 Å². The number of hydrogen-bond donors (Lipinski definition) is 0. The summed E-state index contributed by atoms with van der Waals surface area (Å²) in [5, 5.41) is 0. The first kappa shape index (κ1) is 30.5. The van der Waals surface area contributed by atoms with Crippen molar-refractivity contribution in [1.82, 2.24) is 0 Å². The molecule has 220 valence electrons. The van der Waals surface area contributed by atoms with Crippen molar-refractivity contribution in [3.63, 3.8) is 0 Å². The third-order valence-electron chi connectivity index (χ3n) is 10.7. The Morgan fingerprint density at radius 1 is 0.692 bits per heavy atom. The molecule has 3 fully saturated rings. The van der Waals surface area contributed by atoms with E-state index in [4.69, 9.17) is 4.74 Å². The molecular formula is C35H54F2O2. The van der Waals surface area contributed by atoms with Crippen LogP contribution in [0.1, 0.15) is 141 Å². The summed E-state index contributed by atoms with van der Waals surface area (Å²) in [4.78, 5) is 12.7. The maximum absolute atomic E-state index is 14.9. The molecular weight excluding hydrogens is 490 g/mol. The Kier molecular flexibility index (Phi) is 12.1. The van der Waals surface area contributed by atoms with Crippen molar-refractivity contribution in [3.05, 3.63) is 29.3 Å². The molecule has 2 nitrogen and oxygen atoms in total. The van der Waals surface area contributed by atoms with Crippen molar-refractivity contribution in [2.45, 2.75) is 142 Å². The third-order valence-corrected chi connectivity index (χ3v) is 10.7. The Morgan fingerprint density at radius 3 is 1.85 bits per heavy atom. The molecule has 0 saturated heterocycles. The van der Waals surface area contributed by atoms with Gasteiger partial charge in [-0.1, -0.05) is 84.1 Å². The lowest BCUT2D eigenvalue weighted by Crippen LogP contribution is -2.26. The lowest BCUT2D eigenvalue weighted by atomic mass is 9.68. The molecule has 0 aromatic heterocycles. The van der Waals surface area contributed by atoms with E-state index in [1.54, 1.807) is 6.07 Å². The van der Waals surface area contributed by atoms with Crippen LogP contribution in [0.4, 0.5) is 8.78 Å². The minimum Gasteiger partial charge on any atom is -0.423 e. The van der Waals surface area contributed by atoms with Crippen LogP contribution in [0, 0.1) is 47.1 Å². The second kappa shape index (κ2) is 15.5. The summed E-state index contributed by atoms with van der Waals surface area (Å²) in [6.45, 7) is 4.52. The normalized spacial score (nSPS) is 29.7. The SMILES string of the molecule is CCCCCC1CCC(C(=O)Oc2ccc(CCC3CCC(C4CCC(CCC)CC4)CC3)c(F)c2F)CC1. The number of benzene rings is 1. The first-order valence-corrected chi connectivity index (χ1v) is 16.7. The van der Waals surface area contributed by atoms with E-state index in [-0.39, 0.29) is 11.7 Å². The van der Waals surface area contributed by atoms with Crippen LogP contribution in [0.5, 0.6) is 5.75 Å². The fourth-order valence-corrected chi connectivity index (χ4v) is 8.07. The average Bonchev–Trinajstić information content (AvgIpc) is 2.96. The van der Waals surface area contributed by atoms with Crippen LogP contribution in [0.2, 0.25) is 0 Å². The standard InChI is InChI=1S/C35H54F2O2/c1-3-5-6-8-26-14-21-31(22-15-26)35(38)39-32-24-23-30(33(36)34(32)37)20-13-27-11-18-29(19-12-27)28-16-9-25(7-4-2)10-17-28/h23-29,31H,3-22H2,1-2H3. The number of carbonyl (C=O) groups is 1. The Labute approximate surface area is 237 Å². The van der Waals surface area contributed by atoms with Crippen molar-refractivity contribution in [1.29, 1.82) is 0 Å². The average molecular weight is 545 g/mol. The number of carbonyl (C=O) groups excluding carboxylic acids is 1. The Hall–Kier alpha value is -1.45. The highest BCUT2D eigenvalue weighted by atomic mass is 19.2. The van der Waals surface area contributed by atoms with Gasteiger partial charge in [0.1, 0.15) is 0 Å². The van der Waals surface area contributed by atoms with Crippen LogP contribution >= 0.6 is 0 Å². The summed E-state index contributed by atoms with van der Waals surface area (Å²) in [5.74, 6) is 1.37. The number of rotatable bonds is 12. The number of ether oxygens (including phenoxy) is 1. The molecule has 0 atom stereocenters. The lowest BCUT2D eigenvalue weighted by molar-refractivity contribution is -0.140. The van der Waals surface area contributed by atoms with Crippen LogP contribution in [0.3, 0.4) is 0 Å². The molecule has 1 aromatic carbocycles. The summed E-state index contributed by atoms with van der Waals surface area (Å²) in [5.41, 5.74) is 0.413. The number of hydrogen-bond acceptors (Lipinski definition) is 2. The van der Waals surface area contributed by atoms with E-state index in [0.717, 1.165) is 49.9 Å². The van der Waals surface area contributed by atoms with Crippen molar-refractivity contribution in [3.8, 4) is 5.75 Å². The second-order valence-electron chi connectivity index (χ2n) is 13.4. The summed E-state index contributed by atoms with van der Waals surface area (Å²) < 4.78 is 35.2. The van der Waals surface area contributed by atoms with Crippen LogP contribution in [0.15, 0.2) is 12.1 Å². The maximum atomic E-state index is 14.9. The molecule has 39 heavy (non-hydrogen) atoms. The highest BCUT2D eigenvalue weighted by Gasteiger charge is 2.31. The Bertz CT molecular complexity index is 875. The molecule has 3 aliphatic carbocycles. The molecule has 3 aliphatic rings. The number of aryl methyl sites for hydroxylation is 1. The zero-order chi connectivity index (χ0) is 27.6. The molecule has 0 spiro atoms. The van der Waals surface area contributed by atoms with E-state index in [9.17, 15) is 13.6 Å². The van der Waals surface area contributed by atoms with Gasteiger partial charge in [-0.05, 0) is 105 Å². The molecule has 0 N–H and O–H groups in total. The van der Waals surface area contributed by atoms with Crippen LogP contribution in [0.25, 0.3) is 0 Å². The largest absolute Gasteiger partial charge is 0.423 e. The van der Waals surface area contributed by atoms with Gasteiger partial charge in [0.15, 0.2) is 11.6 Å². The predicted molar refractivity (Wildman–Crippen MR) is 156 cm³/mol. The highest BCUT2D eigenvalue weighted by Crippen LogP contribution is 2.43. The van der Waals surface area contributed by atoms with Crippen LogP contribution < -0.4 is 4.74 Å². The maximum Gasteiger partial charge on any atom is 0.314 e. The molecule has 4 rings (SSSR count). The van der Waals surface area contributed by atoms with E-state index in [0.29, 0.717) is 23.8 Å². The van der Waals surface area contributed by atoms with Crippen LogP contribution in [-0.2, 0) is 11.2 Å². The second-order valence-corrected chi connectivity index (χ2v) is 13.4. The molecule has 1 aromatic rings. The zero-order valence-corrected chi connectivity index (χ0v) is 24.8. The minimum atomic E-state index is -1.00. The topological polar surface area (TPSA) is 26.3 Å². The minimum absolute atomic E-state index is 0.198. The number of esters is 1. The van der Waals surface area contributed by atoms with Gasteiger partial charge < -0.3 is 4.74 Å². The van der Waals surface area contributed by atoms with E-state index >= 15 is 0 Å². The van der Waals surface area contributed by atoms with Crippen molar-refractivity contribution < 1.29 is 18.3 Å². The zero-order valence-electron chi connectivity index (χ0n) is 24.8. The Morgan fingerprint density at radius 2 is 1.26 bits per heavy atom. The molecule has 0 unspecified atom stereocenters. The van der Waals surface area contributed by atoms with Crippen molar-refractivity contribution in [2.75, 3.05) is 0 Å². The first-order valence-electron chi connectivity index (χ1n) is 16.7. The molecule has 0 amide bonds. The quantitative estimate of drug-likeness (QED) is 0.149. The summed E-state index contributed by atoms with van der Waals surface area (Å²) in [6.07, 6.45) is 23.6. The number of unbranched alkanes of at least 4 members (excludes halogenated alkanes) is 2. The van der Waals surface area contributed by atoms with Gasteiger partial charge >= 0.3 is 5.97 Å². The van der Waals surface area contributed by atoms with Gasteiger partial charge in [0.25, 0.3) is 0 Å². The van der Waals surface area contributed by atoms with Crippen molar-refractivity contribution in [2.24, 2.45) is 35.5 Å². The molecule has 4 heteroatoms. The molecule has 0 aliphatic heterocycles. The molecule has 0 radical (unpaired) electrons. The smallest absolute Gasteiger partial charge is 0.314 e. The summed E-state index contributed by atoms with van der Waals surface area (Å²) in [7, 11) is 0. The highest BCUT2D eigenvalue weighted by molar-refractivity contribution is 5.75. The van der Waals surface area contributed by atoms with Crippen molar-refractivity contribution >= 4 is 5.97 Å². The van der Waals surface area contributed by atoms with Gasteiger partial charge in [-0.3, -0.25) is 4.79 Å².